The molecule has 1 unspecified atom stereocenters. The van der Waals surface area contributed by atoms with Crippen molar-refractivity contribution in [3.63, 3.8) is 0 Å². The SMILES string of the molecule is CN(C)C(=O)c1ccc2nc3c(nc2c1)N1CCc2ccccc2C1CN3. The van der Waals surface area contributed by atoms with Crippen LogP contribution in [0.5, 0.6) is 0 Å². The molecule has 0 saturated heterocycles. The number of anilines is 2. The zero-order chi connectivity index (χ0) is 18.5. The molecule has 136 valence electrons. The number of carbonyl (C=O) groups excluding carboxylic acids is 1. The van der Waals surface area contributed by atoms with Gasteiger partial charge in [-0.1, -0.05) is 24.3 Å². The predicted molar refractivity (Wildman–Crippen MR) is 106 cm³/mol. The molecular weight excluding hydrogens is 338 g/mol. The molecule has 0 bridgehead atoms. The van der Waals surface area contributed by atoms with Crippen LogP contribution in [0.1, 0.15) is 27.5 Å². The molecule has 3 aromatic rings. The molecule has 2 aliphatic rings. The Bertz CT molecular complexity index is 1060. The predicted octanol–water partition coefficient (Wildman–Crippen LogP) is 2.86. The fourth-order valence-electron chi connectivity index (χ4n) is 4.07. The summed E-state index contributed by atoms with van der Waals surface area (Å²) in [5, 5.41) is 3.46. The van der Waals surface area contributed by atoms with E-state index in [9.17, 15) is 4.79 Å². The van der Waals surface area contributed by atoms with E-state index in [-0.39, 0.29) is 11.9 Å². The number of amides is 1. The van der Waals surface area contributed by atoms with Crippen LogP contribution >= 0.6 is 0 Å². The molecule has 1 N–H and O–H groups in total. The number of carbonyl (C=O) groups is 1. The Labute approximate surface area is 157 Å². The largest absolute Gasteiger partial charge is 0.365 e. The lowest BCUT2D eigenvalue weighted by molar-refractivity contribution is 0.0827. The van der Waals surface area contributed by atoms with Crippen LogP contribution in [0.3, 0.4) is 0 Å². The van der Waals surface area contributed by atoms with E-state index in [2.05, 4.69) is 34.5 Å². The monoisotopic (exact) mass is 359 g/mol. The van der Waals surface area contributed by atoms with E-state index in [0.717, 1.165) is 42.2 Å². The van der Waals surface area contributed by atoms with E-state index in [4.69, 9.17) is 9.97 Å². The zero-order valence-corrected chi connectivity index (χ0v) is 15.4. The van der Waals surface area contributed by atoms with E-state index in [1.54, 1.807) is 19.0 Å². The fourth-order valence-corrected chi connectivity index (χ4v) is 4.07. The Hall–Kier alpha value is -3.15. The minimum absolute atomic E-state index is 0.0284. The highest BCUT2D eigenvalue weighted by molar-refractivity contribution is 5.97. The molecule has 1 aromatic heterocycles. The molecule has 1 atom stereocenters. The van der Waals surface area contributed by atoms with E-state index in [1.807, 2.05) is 18.2 Å². The fraction of sp³-hybridized carbons (Fsp3) is 0.286. The van der Waals surface area contributed by atoms with Gasteiger partial charge in [0, 0.05) is 32.7 Å². The lowest BCUT2D eigenvalue weighted by Gasteiger charge is -2.42. The molecule has 1 amide bonds. The number of hydrogen-bond donors (Lipinski definition) is 1. The van der Waals surface area contributed by atoms with Gasteiger partial charge in [-0.3, -0.25) is 4.79 Å². The van der Waals surface area contributed by atoms with Crippen LogP contribution in [-0.2, 0) is 6.42 Å². The van der Waals surface area contributed by atoms with E-state index in [1.165, 1.54) is 11.1 Å². The van der Waals surface area contributed by atoms with Crippen molar-refractivity contribution in [2.75, 3.05) is 37.4 Å². The molecule has 27 heavy (non-hydrogen) atoms. The van der Waals surface area contributed by atoms with Crippen LogP contribution < -0.4 is 10.2 Å². The van der Waals surface area contributed by atoms with E-state index < -0.39 is 0 Å². The maximum absolute atomic E-state index is 12.3. The Morgan fingerprint density at radius 3 is 2.85 bits per heavy atom. The number of fused-ring (bicyclic) bond motifs is 6. The number of hydrogen-bond acceptors (Lipinski definition) is 5. The molecule has 2 aliphatic heterocycles. The van der Waals surface area contributed by atoms with Crippen LogP contribution in [0.25, 0.3) is 11.0 Å². The maximum Gasteiger partial charge on any atom is 0.253 e. The molecule has 6 nitrogen and oxygen atoms in total. The summed E-state index contributed by atoms with van der Waals surface area (Å²) in [6.07, 6.45) is 1.00. The third kappa shape index (κ3) is 2.51. The van der Waals surface area contributed by atoms with Crippen LogP contribution in [0.15, 0.2) is 42.5 Å². The van der Waals surface area contributed by atoms with Gasteiger partial charge in [0.25, 0.3) is 5.91 Å². The van der Waals surface area contributed by atoms with Gasteiger partial charge in [0.15, 0.2) is 11.6 Å². The van der Waals surface area contributed by atoms with Crippen molar-refractivity contribution in [2.45, 2.75) is 12.5 Å². The molecular formula is C21H21N5O. The van der Waals surface area contributed by atoms with Crippen LogP contribution in [0, 0.1) is 0 Å². The number of rotatable bonds is 1. The average molecular weight is 359 g/mol. The second-order valence-corrected chi connectivity index (χ2v) is 7.34. The maximum atomic E-state index is 12.3. The smallest absolute Gasteiger partial charge is 0.253 e. The number of nitrogens with zero attached hydrogens (tertiary/aromatic N) is 4. The molecule has 0 fully saturated rings. The van der Waals surface area contributed by atoms with Crippen molar-refractivity contribution < 1.29 is 4.79 Å². The van der Waals surface area contributed by atoms with Gasteiger partial charge in [-0.2, -0.15) is 0 Å². The lowest BCUT2D eigenvalue weighted by Crippen LogP contribution is -2.43. The van der Waals surface area contributed by atoms with Gasteiger partial charge in [0.2, 0.25) is 0 Å². The van der Waals surface area contributed by atoms with Crippen molar-refractivity contribution in [1.82, 2.24) is 14.9 Å². The standard InChI is InChI=1S/C21H21N5O/c1-25(2)21(27)14-7-8-16-17(11-14)24-20-19(23-16)22-12-18-15-6-4-3-5-13(15)9-10-26(18)20/h3-8,11,18H,9-10,12H2,1-2H3,(H,22,23). The summed E-state index contributed by atoms with van der Waals surface area (Å²) >= 11 is 0. The summed E-state index contributed by atoms with van der Waals surface area (Å²) < 4.78 is 0. The van der Waals surface area contributed by atoms with Gasteiger partial charge < -0.3 is 15.1 Å². The quantitative estimate of drug-likeness (QED) is 0.724. The molecule has 0 saturated carbocycles. The summed E-state index contributed by atoms with van der Waals surface area (Å²) in [6, 6.07) is 14.4. The Morgan fingerprint density at radius 1 is 1.15 bits per heavy atom. The second kappa shape index (κ2) is 5.94. The molecule has 3 heterocycles. The van der Waals surface area contributed by atoms with Crippen molar-refractivity contribution in [3.8, 4) is 0 Å². The normalized spacial score (nSPS) is 17.6. The molecule has 0 spiro atoms. The second-order valence-electron chi connectivity index (χ2n) is 7.34. The summed E-state index contributed by atoms with van der Waals surface area (Å²) in [5.41, 5.74) is 4.96. The third-order valence-electron chi connectivity index (χ3n) is 5.45. The summed E-state index contributed by atoms with van der Waals surface area (Å²) in [7, 11) is 3.51. The van der Waals surface area contributed by atoms with Gasteiger partial charge in [-0.05, 0) is 35.7 Å². The minimum atomic E-state index is -0.0284. The average Bonchev–Trinajstić information content (AvgIpc) is 2.70. The van der Waals surface area contributed by atoms with Gasteiger partial charge in [0.05, 0.1) is 17.1 Å². The van der Waals surface area contributed by atoms with Gasteiger partial charge >= 0.3 is 0 Å². The highest BCUT2D eigenvalue weighted by Crippen LogP contribution is 2.39. The zero-order valence-electron chi connectivity index (χ0n) is 15.4. The molecule has 2 aromatic carbocycles. The molecule has 5 rings (SSSR count). The van der Waals surface area contributed by atoms with Crippen LogP contribution in [-0.4, -0.2) is 48.0 Å². The first-order valence-corrected chi connectivity index (χ1v) is 9.23. The van der Waals surface area contributed by atoms with Crippen molar-refractivity contribution in [1.29, 1.82) is 0 Å². The Morgan fingerprint density at radius 2 is 2.00 bits per heavy atom. The minimum Gasteiger partial charge on any atom is -0.365 e. The highest BCUT2D eigenvalue weighted by Gasteiger charge is 2.33. The first-order chi connectivity index (χ1) is 13.1. The van der Waals surface area contributed by atoms with Crippen molar-refractivity contribution >= 4 is 28.6 Å². The number of aromatic nitrogens is 2. The van der Waals surface area contributed by atoms with Gasteiger partial charge in [0.1, 0.15) is 0 Å². The molecule has 0 radical (unpaired) electrons. The molecule has 0 aliphatic carbocycles. The Balaban J connectivity index is 1.60. The number of benzene rings is 2. The van der Waals surface area contributed by atoms with E-state index >= 15 is 0 Å². The summed E-state index contributed by atoms with van der Waals surface area (Å²) in [5.74, 6) is 1.67. The Kier molecular flexibility index (Phi) is 3.53. The van der Waals surface area contributed by atoms with Gasteiger partial charge in [-0.25, -0.2) is 9.97 Å². The molecule has 6 heteroatoms. The number of nitrogens with one attached hydrogen (secondary N) is 1. The topological polar surface area (TPSA) is 61.4 Å². The third-order valence-corrected chi connectivity index (χ3v) is 5.45. The van der Waals surface area contributed by atoms with Crippen molar-refractivity contribution in [2.24, 2.45) is 0 Å². The first-order valence-electron chi connectivity index (χ1n) is 9.23. The van der Waals surface area contributed by atoms with Gasteiger partial charge in [-0.15, -0.1) is 0 Å². The van der Waals surface area contributed by atoms with Crippen molar-refractivity contribution in [3.05, 3.63) is 59.2 Å². The van der Waals surface area contributed by atoms with Crippen LogP contribution in [0.4, 0.5) is 11.6 Å². The lowest BCUT2D eigenvalue weighted by atomic mass is 9.91. The summed E-state index contributed by atoms with van der Waals surface area (Å²) in [6.45, 7) is 1.74. The first kappa shape index (κ1) is 16.1. The van der Waals surface area contributed by atoms with Crippen LogP contribution in [0.2, 0.25) is 0 Å². The highest BCUT2D eigenvalue weighted by atomic mass is 16.2. The van der Waals surface area contributed by atoms with E-state index in [0.29, 0.717) is 5.56 Å². The summed E-state index contributed by atoms with van der Waals surface area (Å²) in [4.78, 5) is 25.9.